The molecule has 0 spiro atoms. The molecule has 0 aromatic heterocycles. The van der Waals surface area contributed by atoms with Crippen molar-refractivity contribution in [3.05, 3.63) is 32.8 Å². The van der Waals surface area contributed by atoms with E-state index in [4.69, 9.17) is 16.3 Å². The SMILES string of the molecule is CCCOc1cc(C)c([N+](=O)[O-])cc1Cl. The van der Waals surface area contributed by atoms with Crippen molar-refractivity contribution in [2.45, 2.75) is 20.3 Å². The first-order chi connectivity index (χ1) is 7.06. The van der Waals surface area contributed by atoms with E-state index in [0.717, 1.165) is 6.42 Å². The number of hydrogen-bond acceptors (Lipinski definition) is 3. The van der Waals surface area contributed by atoms with Crippen molar-refractivity contribution in [1.82, 2.24) is 0 Å². The van der Waals surface area contributed by atoms with Crippen LogP contribution < -0.4 is 4.74 Å². The maximum atomic E-state index is 10.6. The number of nitro benzene ring substituents is 1. The van der Waals surface area contributed by atoms with Crippen LogP contribution in [0.4, 0.5) is 5.69 Å². The quantitative estimate of drug-likeness (QED) is 0.588. The van der Waals surface area contributed by atoms with Crippen LogP contribution in [0.5, 0.6) is 5.75 Å². The highest BCUT2D eigenvalue weighted by Gasteiger charge is 2.14. The molecular weight excluding hydrogens is 218 g/mol. The summed E-state index contributed by atoms with van der Waals surface area (Å²) < 4.78 is 5.35. The highest BCUT2D eigenvalue weighted by Crippen LogP contribution is 2.31. The van der Waals surface area contributed by atoms with Crippen LogP contribution in [-0.4, -0.2) is 11.5 Å². The molecule has 15 heavy (non-hydrogen) atoms. The molecule has 0 heterocycles. The normalized spacial score (nSPS) is 10.1. The molecule has 0 fully saturated rings. The fourth-order valence-corrected chi connectivity index (χ4v) is 1.38. The Kier molecular flexibility index (Phi) is 3.91. The molecule has 0 bridgehead atoms. The van der Waals surface area contributed by atoms with E-state index in [0.29, 0.717) is 17.9 Å². The zero-order valence-electron chi connectivity index (χ0n) is 8.62. The Balaban J connectivity index is 3.02. The van der Waals surface area contributed by atoms with Crippen LogP contribution in [0.25, 0.3) is 0 Å². The van der Waals surface area contributed by atoms with Gasteiger partial charge in [0.25, 0.3) is 5.69 Å². The summed E-state index contributed by atoms with van der Waals surface area (Å²) in [5.41, 5.74) is 0.569. The number of ether oxygens (including phenoxy) is 1. The zero-order valence-corrected chi connectivity index (χ0v) is 9.37. The maximum Gasteiger partial charge on any atom is 0.274 e. The second kappa shape index (κ2) is 4.98. The molecule has 0 saturated heterocycles. The Morgan fingerprint density at radius 1 is 1.53 bits per heavy atom. The third kappa shape index (κ3) is 2.83. The molecule has 5 heteroatoms. The Morgan fingerprint density at radius 2 is 2.20 bits per heavy atom. The number of halogens is 1. The molecule has 0 aliphatic carbocycles. The van der Waals surface area contributed by atoms with Gasteiger partial charge in [0.15, 0.2) is 0 Å². The second-order valence-electron chi connectivity index (χ2n) is 3.17. The van der Waals surface area contributed by atoms with Crippen LogP contribution in [-0.2, 0) is 0 Å². The molecule has 0 aliphatic heterocycles. The Labute approximate surface area is 93.0 Å². The summed E-state index contributed by atoms with van der Waals surface area (Å²) in [6.45, 7) is 4.19. The van der Waals surface area contributed by atoms with Crippen LogP contribution in [0.3, 0.4) is 0 Å². The predicted molar refractivity (Wildman–Crippen MR) is 58.6 cm³/mol. The topological polar surface area (TPSA) is 52.4 Å². The van der Waals surface area contributed by atoms with Crippen molar-refractivity contribution in [3.8, 4) is 5.75 Å². The van der Waals surface area contributed by atoms with Crippen molar-refractivity contribution < 1.29 is 9.66 Å². The summed E-state index contributed by atoms with van der Waals surface area (Å²) in [6.07, 6.45) is 0.867. The van der Waals surface area contributed by atoms with E-state index in [2.05, 4.69) is 0 Å². The lowest BCUT2D eigenvalue weighted by atomic mass is 10.2. The third-order valence-corrected chi connectivity index (χ3v) is 2.20. The van der Waals surface area contributed by atoms with Gasteiger partial charge in [0.2, 0.25) is 0 Å². The van der Waals surface area contributed by atoms with E-state index in [-0.39, 0.29) is 10.7 Å². The summed E-state index contributed by atoms with van der Waals surface area (Å²) in [7, 11) is 0. The van der Waals surface area contributed by atoms with Crippen molar-refractivity contribution in [3.63, 3.8) is 0 Å². The summed E-state index contributed by atoms with van der Waals surface area (Å²) in [4.78, 5) is 10.2. The minimum Gasteiger partial charge on any atom is -0.492 e. The lowest BCUT2D eigenvalue weighted by Gasteiger charge is -2.07. The standard InChI is InChI=1S/C10H12ClNO3/c1-3-4-15-10-5-7(2)9(12(13)14)6-8(10)11/h5-6H,3-4H2,1-2H3. The molecule has 0 aliphatic rings. The molecule has 0 unspecified atom stereocenters. The highest BCUT2D eigenvalue weighted by atomic mass is 35.5. The Hall–Kier alpha value is -1.29. The number of rotatable bonds is 4. The molecule has 0 radical (unpaired) electrons. The lowest BCUT2D eigenvalue weighted by Crippen LogP contribution is -1.98. The maximum absolute atomic E-state index is 10.6. The van der Waals surface area contributed by atoms with E-state index >= 15 is 0 Å². The number of benzene rings is 1. The van der Waals surface area contributed by atoms with Gasteiger partial charge in [-0.05, 0) is 19.4 Å². The van der Waals surface area contributed by atoms with E-state index in [9.17, 15) is 10.1 Å². The second-order valence-corrected chi connectivity index (χ2v) is 3.58. The van der Waals surface area contributed by atoms with Gasteiger partial charge in [-0.1, -0.05) is 18.5 Å². The average molecular weight is 230 g/mol. The van der Waals surface area contributed by atoms with Crippen molar-refractivity contribution in [2.24, 2.45) is 0 Å². The van der Waals surface area contributed by atoms with E-state index in [1.165, 1.54) is 6.07 Å². The van der Waals surface area contributed by atoms with Gasteiger partial charge in [0, 0.05) is 11.6 Å². The summed E-state index contributed by atoms with van der Waals surface area (Å²) >= 11 is 5.85. The first kappa shape index (κ1) is 11.8. The van der Waals surface area contributed by atoms with Crippen molar-refractivity contribution in [1.29, 1.82) is 0 Å². The molecule has 1 aromatic carbocycles. The number of aryl methyl sites for hydroxylation is 1. The van der Waals surface area contributed by atoms with Crippen LogP contribution in [0.2, 0.25) is 5.02 Å². The molecule has 1 aromatic rings. The smallest absolute Gasteiger partial charge is 0.274 e. The average Bonchev–Trinajstić information content (AvgIpc) is 2.18. The molecule has 0 amide bonds. The van der Waals surface area contributed by atoms with Gasteiger partial charge in [-0.2, -0.15) is 0 Å². The molecule has 82 valence electrons. The van der Waals surface area contributed by atoms with Crippen LogP contribution in [0.1, 0.15) is 18.9 Å². The van der Waals surface area contributed by atoms with E-state index in [1.807, 2.05) is 6.92 Å². The first-order valence-electron chi connectivity index (χ1n) is 4.63. The van der Waals surface area contributed by atoms with Crippen LogP contribution >= 0.6 is 11.6 Å². The van der Waals surface area contributed by atoms with Crippen molar-refractivity contribution in [2.75, 3.05) is 6.61 Å². The highest BCUT2D eigenvalue weighted by molar-refractivity contribution is 6.32. The van der Waals surface area contributed by atoms with Gasteiger partial charge in [-0.15, -0.1) is 0 Å². The molecule has 0 saturated carbocycles. The van der Waals surface area contributed by atoms with Crippen LogP contribution in [0.15, 0.2) is 12.1 Å². The Bertz CT molecular complexity index is 379. The monoisotopic (exact) mass is 229 g/mol. The molecular formula is C10H12ClNO3. The minimum atomic E-state index is -0.454. The van der Waals surface area contributed by atoms with Gasteiger partial charge in [0.1, 0.15) is 5.75 Å². The predicted octanol–water partition coefficient (Wildman–Crippen LogP) is 3.35. The molecule has 1 rings (SSSR count). The van der Waals surface area contributed by atoms with Crippen molar-refractivity contribution >= 4 is 17.3 Å². The fourth-order valence-electron chi connectivity index (χ4n) is 1.16. The largest absolute Gasteiger partial charge is 0.492 e. The minimum absolute atomic E-state index is 0.0175. The van der Waals surface area contributed by atoms with Gasteiger partial charge in [-0.25, -0.2) is 0 Å². The van der Waals surface area contributed by atoms with Crippen LogP contribution in [0, 0.1) is 17.0 Å². The Morgan fingerprint density at radius 3 is 2.73 bits per heavy atom. The fraction of sp³-hybridized carbons (Fsp3) is 0.400. The van der Waals surface area contributed by atoms with E-state index < -0.39 is 4.92 Å². The zero-order chi connectivity index (χ0) is 11.4. The number of nitrogens with zero attached hydrogens (tertiary/aromatic N) is 1. The molecule has 0 N–H and O–H groups in total. The van der Waals surface area contributed by atoms with E-state index in [1.54, 1.807) is 13.0 Å². The van der Waals surface area contributed by atoms with Gasteiger partial charge < -0.3 is 4.74 Å². The number of hydrogen-bond donors (Lipinski definition) is 0. The first-order valence-corrected chi connectivity index (χ1v) is 5.01. The molecule has 4 nitrogen and oxygen atoms in total. The molecule has 0 atom stereocenters. The van der Waals surface area contributed by atoms with Gasteiger partial charge in [0.05, 0.1) is 16.6 Å². The summed E-state index contributed by atoms with van der Waals surface area (Å²) in [6, 6.07) is 2.91. The third-order valence-electron chi connectivity index (χ3n) is 1.91. The summed E-state index contributed by atoms with van der Waals surface area (Å²) in [5.74, 6) is 0.501. The lowest BCUT2D eigenvalue weighted by molar-refractivity contribution is -0.385. The summed E-state index contributed by atoms with van der Waals surface area (Å²) in [5, 5.41) is 10.9. The number of nitro groups is 1. The van der Waals surface area contributed by atoms with Gasteiger partial charge in [-0.3, -0.25) is 10.1 Å². The van der Waals surface area contributed by atoms with Gasteiger partial charge >= 0.3 is 0 Å².